The van der Waals surface area contributed by atoms with Gasteiger partial charge in [0.2, 0.25) is 0 Å². The third kappa shape index (κ3) is 3.06. The zero-order valence-corrected chi connectivity index (χ0v) is 11.1. The van der Waals surface area contributed by atoms with Gasteiger partial charge in [0, 0.05) is 12.6 Å². The van der Waals surface area contributed by atoms with E-state index < -0.39 is 0 Å². The summed E-state index contributed by atoms with van der Waals surface area (Å²) < 4.78 is 12.8. The smallest absolute Gasteiger partial charge is 0.141 e. The van der Waals surface area contributed by atoms with Crippen molar-refractivity contribution < 1.29 is 4.39 Å². The third-order valence-corrected chi connectivity index (χ3v) is 3.92. The Morgan fingerprint density at radius 1 is 1.56 bits per heavy atom. The Hall–Kier alpha value is -1.00. The van der Waals surface area contributed by atoms with Gasteiger partial charge in [-0.2, -0.15) is 0 Å². The van der Waals surface area contributed by atoms with Crippen LogP contribution in [0, 0.1) is 11.7 Å². The van der Waals surface area contributed by atoms with Crippen LogP contribution in [0.5, 0.6) is 0 Å². The molecule has 3 atom stereocenters. The van der Waals surface area contributed by atoms with Crippen molar-refractivity contribution in [1.82, 2.24) is 9.88 Å². The van der Waals surface area contributed by atoms with E-state index in [9.17, 15) is 4.39 Å². The normalized spacial score (nSPS) is 24.1. The van der Waals surface area contributed by atoms with Crippen molar-refractivity contribution in [2.24, 2.45) is 11.7 Å². The van der Waals surface area contributed by atoms with Crippen LogP contribution < -0.4 is 5.73 Å². The molecule has 1 aromatic rings. The van der Waals surface area contributed by atoms with Gasteiger partial charge in [0.15, 0.2) is 0 Å². The predicted octanol–water partition coefficient (Wildman–Crippen LogP) is 2.34. The summed E-state index contributed by atoms with van der Waals surface area (Å²) in [5.74, 6) is 0.00952. The lowest BCUT2D eigenvalue weighted by molar-refractivity contribution is 0.216. The Balaban J connectivity index is 1.95. The Morgan fingerprint density at radius 2 is 2.33 bits per heavy atom. The second kappa shape index (κ2) is 5.76. The van der Waals surface area contributed by atoms with Crippen molar-refractivity contribution in [3.63, 3.8) is 0 Å². The molecular weight excluding hydrogens is 229 g/mol. The summed E-state index contributed by atoms with van der Waals surface area (Å²) in [6.45, 7) is 6.55. The zero-order chi connectivity index (χ0) is 13.1. The van der Waals surface area contributed by atoms with Crippen LogP contribution >= 0.6 is 0 Å². The molecule has 2 heterocycles. The Labute approximate surface area is 108 Å². The summed E-state index contributed by atoms with van der Waals surface area (Å²) in [5, 5.41) is 0. The first-order valence-electron chi connectivity index (χ1n) is 6.69. The third-order valence-electron chi connectivity index (χ3n) is 3.92. The molecule has 4 heteroatoms. The number of rotatable bonds is 4. The average Bonchev–Trinajstić information content (AvgIpc) is 2.75. The maximum atomic E-state index is 12.8. The fourth-order valence-corrected chi connectivity index (χ4v) is 2.62. The van der Waals surface area contributed by atoms with Gasteiger partial charge in [0.1, 0.15) is 5.82 Å². The first kappa shape index (κ1) is 13.4. The molecular formula is C14H22FN3. The fourth-order valence-electron chi connectivity index (χ4n) is 2.62. The van der Waals surface area contributed by atoms with Gasteiger partial charge < -0.3 is 10.6 Å². The van der Waals surface area contributed by atoms with Gasteiger partial charge in [-0.3, -0.25) is 4.98 Å². The van der Waals surface area contributed by atoms with Gasteiger partial charge in [-0.05, 0) is 44.4 Å². The number of nitrogens with two attached hydrogens (primary N) is 1. The maximum absolute atomic E-state index is 12.8. The number of likely N-dealkylation sites (tertiary alicyclic amines) is 1. The molecule has 1 aromatic heterocycles. The molecule has 3 nitrogen and oxygen atoms in total. The number of aromatic nitrogens is 1. The van der Waals surface area contributed by atoms with E-state index in [4.69, 9.17) is 5.73 Å². The summed E-state index contributed by atoms with van der Waals surface area (Å²) in [7, 11) is 0. The van der Waals surface area contributed by atoms with Gasteiger partial charge in [-0.25, -0.2) is 4.39 Å². The van der Waals surface area contributed by atoms with Crippen molar-refractivity contribution >= 4 is 0 Å². The Bertz CT molecular complexity index is 379. The van der Waals surface area contributed by atoms with E-state index >= 15 is 0 Å². The van der Waals surface area contributed by atoms with Gasteiger partial charge in [-0.1, -0.05) is 6.92 Å². The van der Waals surface area contributed by atoms with Crippen LogP contribution in [-0.4, -0.2) is 29.0 Å². The van der Waals surface area contributed by atoms with Crippen LogP contribution in [-0.2, 0) is 0 Å². The minimum Gasteiger partial charge on any atom is -0.322 e. The van der Waals surface area contributed by atoms with Crippen molar-refractivity contribution in [3.05, 3.63) is 29.8 Å². The molecule has 1 aliphatic heterocycles. The standard InChI is InChI=1S/C14H22FN3/c1-10(9-18-7-3-4-11(18)2)14(16)13-6-5-12(15)8-17-13/h5-6,8,10-11,14H,3-4,7,9,16H2,1-2H3. The molecule has 0 aliphatic carbocycles. The van der Waals surface area contributed by atoms with E-state index in [1.165, 1.54) is 25.1 Å². The molecule has 1 saturated heterocycles. The minimum absolute atomic E-state index is 0.126. The highest BCUT2D eigenvalue weighted by Gasteiger charge is 2.25. The first-order valence-corrected chi connectivity index (χ1v) is 6.69. The summed E-state index contributed by atoms with van der Waals surface area (Å²) in [6, 6.07) is 3.64. The molecule has 3 unspecified atom stereocenters. The molecule has 0 radical (unpaired) electrons. The molecule has 0 amide bonds. The first-order chi connectivity index (χ1) is 8.58. The lowest BCUT2D eigenvalue weighted by Crippen LogP contribution is -2.35. The lowest BCUT2D eigenvalue weighted by atomic mass is 9.98. The number of hydrogen-bond acceptors (Lipinski definition) is 3. The fraction of sp³-hybridized carbons (Fsp3) is 0.643. The van der Waals surface area contributed by atoms with E-state index in [1.54, 1.807) is 6.07 Å². The van der Waals surface area contributed by atoms with Crippen molar-refractivity contribution in [3.8, 4) is 0 Å². The highest BCUT2D eigenvalue weighted by atomic mass is 19.1. The van der Waals surface area contributed by atoms with Crippen LogP contribution in [0.15, 0.2) is 18.3 Å². The molecule has 0 saturated carbocycles. The SMILES string of the molecule is CC(CN1CCCC1C)C(N)c1ccc(F)cn1. The highest BCUT2D eigenvalue weighted by Crippen LogP contribution is 2.23. The molecule has 18 heavy (non-hydrogen) atoms. The second-order valence-electron chi connectivity index (χ2n) is 5.39. The van der Waals surface area contributed by atoms with Crippen molar-refractivity contribution in [1.29, 1.82) is 0 Å². The van der Waals surface area contributed by atoms with Gasteiger partial charge in [0.05, 0.1) is 17.9 Å². The second-order valence-corrected chi connectivity index (χ2v) is 5.39. The average molecular weight is 251 g/mol. The summed E-state index contributed by atoms with van der Waals surface area (Å²) in [5.41, 5.74) is 6.97. The topological polar surface area (TPSA) is 42.1 Å². The summed E-state index contributed by atoms with van der Waals surface area (Å²) in [6.07, 6.45) is 3.79. The maximum Gasteiger partial charge on any atom is 0.141 e. The number of nitrogens with zero attached hydrogens (tertiary/aromatic N) is 2. The van der Waals surface area contributed by atoms with E-state index in [1.807, 2.05) is 0 Å². The molecule has 2 N–H and O–H groups in total. The molecule has 0 aromatic carbocycles. The van der Waals surface area contributed by atoms with Crippen LogP contribution in [0.1, 0.15) is 38.4 Å². The van der Waals surface area contributed by atoms with E-state index in [2.05, 4.69) is 23.7 Å². The number of halogens is 1. The van der Waals surface area contributed by atoms with E-state index in [-0.39, 0.29) is 11.9 Å². The number of hydrogen-bond donors (Lipinski definition) is 1. The number of pyridine rings is 1. The lowest BCUT2D eigenvalue weighted by Gasteiger charge is -2.28. The zero-order valence-electron chi connectivity index (χ0n) is 11.1. The Kier molecular flexibility index (Phi) is 4.30. The molecule has 0 spiro atoms. The predicted molar refractivity (Wildman–Crippen MR) is 70.6 cm³/mol. The molecule has 1 aliphatic rings. The van der Waals surface area contributed by atoms with E-state index in [0.717, 1.165) is 18.8 Å². The van der Waals surface area contributed by atoms with Crippen LogP contribution in [0.4, 0.5) is 4.39 Å². The van der Waals surface area contributed by atoms with Crippen LogP contribution in [0.3, 0.4) is 0 Å². The van der Waals surface area contributed by atoms with Gasteiger partial charge >= 0.3 is 0 Å². The minimum atomic E-state index is -0.313. The Morgan fingerprint density at radius 3 is 2.89 bits per heavy atom. The molecule has 1 fully saturated rings. The largest absolute Gasteiger partial charge is 0.322 e. The van der Waals surface area contributed by atoms with E-state index in [0.29, 0.717) is 12.0 Å². The van der Waals surface area contributed by atoms with Crippen molar-refractivity contribution in [2.45, 2.75) is 38.8 Å². The molecule has 0 bridgehead atoms. The van der Waals surface area contributed by atoms with Gasteiger partial charge in [-0.15, -0.1) is 0 Å². The summed E-state index contributed by atoms with van der Waals surface area (Å²) >= 11 is 0. The van der Waals surface area contributed by atoms with Crippen molar-refractivity contribution in [2.75, 3.05) is 13.1 Å². The highest BCUT2D eigenvalue weighted by molar-refractivity contribution is 5.10. The molecule has 100 valence electrons. The summed E-state index contributed by atoms with van der Waals surface area (Å²) in [4.78, 5) is 6.55. The van der Waals surface area contributed by atoms with Crippen LogP contribution in [0.25, 0.3) is 0 Å². The van der Waals surface area contributed by atoms with Crippen LogP contribution in [0.2, 0.25) is 0 Å². The quantitative estimate of drug-likeness (QED) is 0.893. The molecule has 2 rings (SSSR count). The van der Waals surface area contributed by atoms with Gasteiger partial charge in [0.25, 0.3) is 0 Å². The monoisotopic (exact) mass is 251 g/mol.